The Balaban J connectivity index is 1.86. The Morgan fingerprint density at radius 3 is 2.38 bits per heavy atom. The van der Waals surface area contributed by atoms with Crippen molar-refractivity contribution >= 4 is 28.6 Å². The summed E-state index contributed by atoms with van der Waals surface area (Å²) in [6.45, 7) is 0. The Labute approximate surface area is 165 Å². The zero-order valence-corrected chi connectivity index (χ0v) is 15.6. The lowest BCUT2D eigenvalue weighted by Crippen LogP contribution is -2.18. The van der Waals surface area contributed by atoms with Gasteiger partial charge < -0.3 is 14.6 Å². The molecule has 3 aromatic carbocycles. The lowest BCUT2D eigenvalue weighted by Gasteiger charge is -2.09. The van der Waals surface area contributed by atoms with E-state index in [1.54, 1.807) is 12.1 Å². The minimum atomic E-state index is -0.742. The molecular formula is C20H17N3O6. The molecule has 9 heteroatoms. The number of carbonyl (C=O) groups is 1. The summed E-state index contributed by atoms with van der Waals surface area (Å²) in [5.74, 6) is -0.787. The van der Waals surface area contributed by atoms with E-state index in [2.05, 4.69) is 10.5 Å². The van der Waals surface area contributed by atoms with Crippen molar-refractivity contribution in [2.75, 3.05) is 14.2 Å². The van der Waals surface area contributed by atoms with Crippen molar-refractivity contribution in [1.29, 1.82) is 0 Å². The Kier molecular flexibility index (Phi) is 5.59. The van der Waals surface area contributed by atoms with Crippen LogP contribution in [0.5, 0.6) is 17.2 Å². The number of aromatic hydroxyl groups is 1. The molecule has 2 N–H and O–H groups in total. The topological polar surface area (TPSA) is 123 Å². The van der Waals surface area contributed by atoms with E-state index in [0.717, 1.165) is 16.8 Å². The molecule has 1 amide bonds. The summed E-state index contributed by atoms with van der Waals surface area (Å²) in [6, 6.07) is 13.4. The van der Waals surface area contributed by atoms with E-state index in [1.165, 1.54) is 26.5 Å². The molecule has 29 heavy (non-hydrogen) atoms. The first-order chi connectivity index (χ1) is 13.9. The maximum atomic E-state index is 12.5. The molecule has 0 bridgehead atoms. The van der Waals surface area contributed by atoms with Gasteiger partial charge in [0, 0.05) is 11.6 Å². The Hall–Kier alpha value is -4.14. The molecule has 0 atom stereocenters. The molecule has 0 saturated carbocycles. The third kappa shape index (κ3) is 4.08. The SMILES string of the molecule is COc1cc2ccccc2cc1C(=O)N/N=C\c1cc(OC)c(O)c([N+](=O)[O-])c1. The number of nitrogens with zero attached hydrogens (tertiary/aromatic N) is 2. The monoisotopic (exact) mass is 395 g/mol. The fourth-order valence-electron chi connectivity index (χ4n) is 2.77. The average molecular weight is 395 g/mol. The minimum Gasteiger partial charge on any atom is -0.500 e. The minimum absolute atomic E-state index is 0.0804. The smallest absolute Gasteiger partial charge is 0.315 e. The Bertz CT molecular complexity index is 1130. The summed E-state index contributed by atoms with van der Waals surface area (Å²) in [7, 11) is 2.74. The zero-order valence-electron chi connectivity index (χ0n) is 15.6. The molecule has 0 aliphatic heterocycles. The molecule has 0 fully saturated rings. The van der Waals surface area contributed by atoms with Crippen LogP contribution < -0.4 is 14.9 Å². The molecular weight excluding hydrogens is 378 g/mol. The molecule has 3 rings (SSSR count). The maximum Gasteiger partial charge on any atom is 0.315 e. The molecule has 0 aliphatic rings. The number of nitrogens with one attached hydrogen (secondary N) is 1. The van der Waals surface area contributed by atoms with E-state index >= 15 is 0 Å². The van der Waals surface area contributed by atoms with Crippen LogP contribution >= 0.6 is 0 Å². The highest BCUT2D eigenvalue weighted by molar-refractivity contribution is 6.02. The quantitative estimate of drug-likeness (QED) is 0.375. The molecule has 0 aliphatic carbocycles. The molecule has 148 valence electrons. The van der Waals surface area contributed by atoms with Gasteiger partial charge in [0.25, 0.3) is 5.91 Å². The average Bonchev–Trinajstić information content (AvgIpc) is 2.73. The number of carbonyl (C=O) groups excluding carboxylic acids is 1. The van der Waals surface area contributed by atoms with Crippen LogP contribution in [-0.4, -0.2) is 36.4 Å². The van der Waals surface area contributed by atoms with Gasteiger partial charge in [-0.05, 0) is 29.0 Å². The van der Waals surface area contributed by atoms with E-state index in [4.69, 9.17) is 9.47 Å². The molecule has 0 aromatic heterocycles. The van der Waals surface area contributed by atoms with Crippen molar-refractivity contribution in [1.82, 2.24) is 5.43 Å². The number of nitro groups is 1. The first kappa shape index (κ1) is 19.6. The van der Waals surface area contributed by atoms with Gasteiger partial charge in [-0.15, -0.1) is 0 Å². The van der Waals surface area contributed by atoms with Crippen LogP contribution in [0.15, 0.2) is 53.6 Å². The van der Waals surface area contributed by atoms with E-state index < -0.39 is 22.3 Å². The number of benzene rings is 3. The van der Waals surface area contributed by atoms with E-state index in [0.29, 0.717) is 5.75 Å². The molecule has 3 aromatic rings. The Morgan fingerprint density at radius 2 is 1.76 bits per heavy atom. The fourth-order valence-corrected chi connectivity index (χ4v) is 2.77. The standard InChI is InChI=1S/C20H17N3O6/c1-28-17-10-14-6-4-3-5-13(14)9-15(17)20(25)22-21-11-12-7-16(23(26)27)19(24)18(8-12)29-2/h3-11,24H,1-2H3,(H,22,25)/b21-11-. The number of hydrogen-bond donors (Lipinski definition) is 2. The van der Waals surface area contributed by atoms with Gasteiger partial charge in [0.15, 0.2) is 5.75 Å². The molecule has 0 heterocycles. The third-order valence-electron chi connectivity index (χ3n) is 4.19. The summed E-state index contributed by atoms with van der Waals surface area (Å²) in [4.78, 5) is 22.8. The number of methoxy groups -OCH3 is 2. The highest BCUT2D eigenvalue weighted by Crippen LogP contribution is 2.36. The van der Waals surface area contributed by atoms with Crippen LogP contribution in [-0.2, 0) is 0 Å². The zero-order chi connectivity index (χ0) is 21.0. The summed E-state index contributed by atoms with van der Waals surface area (Å²) in [5.41, 5.74) is 2.38. The lowest BCUT2D eigenvalue weighted by molar-refractivity contribution is -0.386. The number of hydrazone groups is 1. The summed E-state index contributed by atoms with van der Waals surface area (Å²) in [5, 5.41) is 26.5. The number of ether oxygens (including phenoxy) is 2. The van der Waals surface area contributed by atoms with Gasteiger partial charge >= 0.3 is 5.69 Å². The molecule has 9 nitrogen and oxygen atoms in total. The van der Waals surface area contributed by atoms with Gasteiger partial charge in [0.2, 0.25) is 5.75 Å². The van der Waals surface area contributed by atoms with E-state index in [-0.39, 0.29) is 16.9 Å². The van der Waals surface area contributed by atoms with Crippen LogP contribution in [0.25, 0.3) is 10.8 Å². The largest absolute Gasteiger partial charge is 0.500 e. The molecule has 0 spiro atoms. The summed E-state index contributed by atoms with van der Waals surface area (Å²) >= 11 is 0. The van der Waals surface area contributed by atoms with Crippen molar-refractivity contribution in [3.8, 4) is 17.2 Å². The maximum absolute atomic E-state index is 12.5. The molecule has 0 unspecified atom stereocenters. The van der Waals surface area contributed by atoms with Crippen molar-refractivity contribution in [2.24, 2.45) is 5.10 Å². The van der Waals surface area contributed by atoms with Gasteiger partial charge in [-0.1, -0.05) is 24.3 Å². The van der Waals surface area contributed by atoms with Gasteiger partial charge in [-0.2, -0.15) is 5.10 Å². The van der Waals surface area contributed by atoms with Gasteiger partial charge in [-0.3, -0.25) is 14.9 Å². The predicted octanol–water partition coefficient (Wildman–Crippen LogP) is 3.23. The highest BCUT2D eigenvalue weighted by Gasteiger charge is 2.19. The van der Waals surface area contributed by atoms with Crippen molar-refractivity contribution < 1.29 is 24.3 Å². The highest BCUT2D eigenvalue weighted by atomic mass is 16.6. The van der Waals surface area contributed by atoms with Gasteiger partial charge in [0.1, 0.15) is 5.75 Å². The second kappa shape index (κ2) is 8.26. The van der Waals surface area contributed by atoms with Crippen LogP contribution in [0.2, 0.25) is 0 Å². The number of rotatable bonds is 6. The van der Waals surface area contributed by atoms with Crippen molar-refractivity contribution in [3.63, 3.8) is 0 Å². The van der Waals surface area contributed by atoms with Crippen LogP contribution in [0.3, 0.4) is 0 Å². The van der Waals surface area contributed by atoms with Gasteiger partial charge in [-0.25, -0.2) is 5.43 Å². The van der Waals surface area contributed by atoms with Crippen LogP contribution in [0.4, 0.5) is 5.69 Å². The van der Waals surface area contributed by atoms with E-state index in [9.17, 15) is 20.0 Å². The second-order valence-electron chi connectivity index (χ2n) is 5.95. The second-order valence-corrected chi connectivity index (χ2v) is 5.95. The van der Waals surface area contributed by atoms with Crippen molar-refractivity contribution in [2.45, 2.75) is 0 Å². The number of fused-ring (bicyclic) bond motifs is 1. The number of hydrogen-bond acceptors (Lipinski definition) is 7. The fraction of sp³-hybridized carbons (Fsp3) is 0.100. The van der Waals surface area contributed by atoms with E-state index in [1.807, 2.05) is 24.3 Å². The molecule has 0 saturated heterocycles. The normalized spacial score (nSPS) is 10.8. The van der Waals surface area contributed by atoms with Crippen molar-refractivity contribution in [3.05, 3.63) is 69.8 Å². The first-order valence-electron chi connectivity index (χ1n) is 8.40. The lowest BCUT2D eigenvalue weighted by atomic mass is 10.1. The first-order valence-corrected chi connectivity index (χ1v) is 8.40. The van der Waals surface area contributed by atoms with Crippen LogP contribution in [0, 0.1) is 10.1 Å². The van der Waals surface area contributed by atoms with Gasteiger partial charge in [0.05, 0.1) is 30.9 Å². The number of amides is 1. The summed E-state index contributed by atoms with van der Waals surface area (Å²) < 4.78 is 10.2. The number of phenols is 1. The number of phenolic OH excluding ortho intramolecular Hbond substituents is 1. The predicted molar refractivity (Wildman–Crippen MR) is 107 cm³/mol. The summed E-state index contributed by atoms with van der Waals surface area (Å²) in [6.07, 6.45) is 1.21. The third-order valence-corrected chi connectivity index (χ3v) is 4.19. The molecule has 0 radical (unpaired) electrons. The number of nitro benzene ring substituents is 1. The Morgan fingerprint density at radius 1 is 1.10 bits per heavy atom. The van der Waals surface area contributed by atoms with Crippen LogP contribution in [0.1, 0.15) is 15.9 Å².